The summed E-state index contributed by atoms with van der Waals surface area (Å²) < 4.78 is 10.2. The Labute approximate surface area is 195 Å². The zero-order valence-electron chi connectivity index (χ0n) is 19.3. The number of carbonyl (C=O) groups excluding carboxylic acids is 2. The average Bonchev–Trinajstić information content (AvgIpc) is 2.84. The van der Waals surface area contributed by atoms with Crippen molar-refractivity contribution in [2.24, 2.45) is 10.2 Å². The van der Waals surface area contributed by atoms with Crippen LogP contribution in [0.25, 0.3) is 0 Å². The lowest BCUT2D eigenvalue weighted by atomic mass is 10.1. The summed E-state index contributed by atoms with van der Waals surface area (Å²) in [6.07, 6.45) is 8.50. The summed E-state index contributed by atoms with van der Waals surface area (Å²) in [5.41, 5.74) is 6.84. The molecule has 176 valence electrons. The van der Waals surface area contributed by atoms with Crippen LogP contribution >= 0.6 is 0 Å². The van der Waals surface area contributed by atoms with E-state index in [1.54, 1.807) is 26.6 Å². The summed E-state index contributed by atoms with van der Waals surface area (Å²) in [6.45, 7) is 0. The minimum Gasteiger partial charge on any atom is -0.497 e. The van der Waals surface area contributed by atoms with Gasteiger partial charge in [-0.1, -0.05) is 19.3 Å². The van der Waals surface area contributed by atoms with Crippen molar-refractivity contribution in [2.45, 2.75) is 44.9 Å². The predicted molar refractivity (Wildman–Crippen MR) is 130 cm³/mol. The lowest BCUT2D eigenvalue weighted by Gasteiger charge is -2.02. The summed E-state index contributed by atoms with van der Waals surface area (Å²) in [6, 6.07) is 14.8. The molecule has 0 spiro atoms. The molecular weight excluding hydrogens is 420 g/mol. The van der Waals surface area contributed by atoms with Gasteiger partial charge in [-0.05, 0) is 72.5 Å². The van der Waals surface area contributed by atoms with Crippen LogP contribution in [0.5, 0.6) is 11.5 Å². The number of hydrogen-bond donors (Lipinski definition) is 2. The molecule has 0 saturated heterocycles. The molecule has 0 aliphatic heterocycles. The quantitative estimate of drug-likeness (QED) is 0.257. The normalized spacial score (nSPS) is 11.0. The highest BCUT2D eigenvalue weighted by atomic mass is 16.5. The van der Waals surface area contributed by atoms with E-state index in [0.29, 0.717) is 12.8 Å². The zero-order valence-corrected chi connectivity index (χ0v) is 19.3. The number of hydrogen-bond acceptors (Lipinski definition) is 6. The Morgan fingerprint density at radius 3 is 1.39 bits per heavy atom. The lowest BCUT2D eigenvalue weighted by molar-refractivity contribution is -0.121. The summed E-state index contributed by atoms with van der Waals surface area (Å²) in [5, 5.41) is 7.94. The van der Waals surface area contributed by atoms with Gasteiger partial charge in [0.2, 0.25) is 11.8 Å². The molecule has 33 heavy (non-hydrogen) atoms. The Hall–Kier alpha value is -3.68. The molecular formula is C25H32N4O4. The number of unbranched alkanes of at least 4 members (excludes halogenated alkanes) is 4. The summed E-state index contributed by atoms with van der Waals surface area (Å²) >= 11 is 0. The van der Waals surface area contributed by atoms with Crippen LogP contribution in [0.3, 0.4) is 0 Å². The van der Waals surface area contributed by atoms with Gasteiger partial charge in [-0.25, -0.2) is 10.9 Å². The molecule has 0 bridgehead atoms. The molecule has 0 aromatic heterocycles. The Balaban J connectivity index is 1.47. The van der Waals surface area contributed by atoms with Gasteiger partial charge in [0, 0.05) is 12.8 Å². The number of hydrazone groups is 2. The number of benzene rings is 2. The molecule has 2 rings (SSSR count). The van der Waals surface area contributed by atoms with Crippen molar-refractivity contribution in [3.63, 3.8) is 0 Å². The van der Waals surface area contributed by atoms with Crippen molar-refractivity contribution in [3.8, 4) is 11.5 Å². The standard InChI is InChI=1S/C25H32N4O4/c1-32-22-14-10-20(11-15-22)18-26-28-24(30)8-6-4-3-5-7-9-25(31)29-27-19-21-12-16-23(33-2)17-13-21/h10-19H,3-9H2,1-2H3,(H,28,30)(H,29,31)/b26-18+,27-19+. The summed E-state index contributed by atoms with van der Waals surface area (Å²) in [4.78, 5) is 23.7. The third-order valence-corrected chi connectivity index (χ3v) is 4.85. The lowest BCUT2D eigenvalue weighted by Crippen LogP contribution is -2.17. The highest BCUT2D eigenvalue weighted by Gasteiger charge is 2.02. The minimum absolute atomic E-state index is 0.103. The van der Waals surface area contributed by atoms with Crippen LogP contribution in [0.4, 0.5) is 0 Å². The summed E-state index contributed by atoms with van der Waals surface area (Å²) in [5.74, 6) is 1.34. The molecule has 0 heterocycles. The number of ether oxygens (including phenoxy) is 2. The van der Waals surface area contributed by atoms with Crippen LogP contribution < -0.4 is 20.3 Å². The molecule has 0 atom stereocenters. The predicted octanol–water partition coefficient (Wildman–Crippen LogP) is 4.03. The maximum absolute atomic E-state index is 11.8. The van der Waals surface area contributed by atoms with Crippen molar-refractivity contribution in [1.29, 1.82) is 0 Å². The van der Waals surface area contributed by atoms with Gasteiger partial charge in [0.15, 0.2) is 0 Å². The van der Waals surface area contributed by atoms with Crippen LogP contribution in [-0.2, 0) is 9.59 Å². The van der Waals surface area contributed by atoms with E-state index in [9.17, 15) is 9.59 Å². The van der Waals surface area contributed by atoms with Crippen molar-refractivity contribution < 1.29 is 19.1 Å². The van der Waals surface area contributed by atoms with Crippen LogP contribution in [0.15, 0.2) is 58.7 Å². The highest BCUT2D eigenvalue weighted by molar-refractivity contribution is 5.83. The highest BCUT2D eigenvalue weighted by Crippen LogP contribution is 2.11. The maximum Gasteiger partial charge on any atom is 0.240 e. The Morgan fingerprint density at radius 2 is 1.03 bits per heavy atom. The molecule has 2 aromatic carbocycles. The van der Waals surface area contributed by atoms with E-state index in [0.717, 1.165) is 54.7 Å². The zero-order chi connectivity index (χ0) is 23.7. The van der Waals surface area contributed by atoms with Gasteiger partial charge in [-0.15, -0.1) is 0 Å². The fourth-order valence-electron chi connectivity index (χ4n) is 2.95. The molecule has 8 heteroatoms. The van der Waals surface area contributed by atoms with E-state index in [4.69, 9.17) is 9.47 Å². The van der Waals surface area contributed by atoms with E-state index in [1.807, 2.05) is 48.5 Å². The molecule has 0 aliphatic rings. The fraction of sp³-hybridized carbons (Fsp3) is 0.360. The van der Waals surface area contributed by atoms with Crippen molar-refractivity contribution in [2.75, 3.05) is 14.2 Å². The second-order valence-corrected chi connectivity index (χ2v) is 7.40. The monoisotopic (exact) mass is 452 g/mol. The molecule has 8 nitrogen and oxygen atoms in total. The average molecular weight is 453 g/mol. The number of amides is 2. The molecule has 0 radical (unpaired) electrons. The van der Waals surface area contributed by atoms with Crippen LogP contribution in [0.2, 0.25) is 0 Å². The van der Waals surface area contributed by atoms with Gasteiger partial charge < -0.3 is 9.47 Å². The molecule has 0 unspecified atom stereocenters. The van der Waals surface area contributed by atoms with E-state index in [-0.39, 0.29) is 11.8 Å². The van der Waals surface area contributed by atoms with Gasteiger partial charge in [0.1, 0.15) is 11.5 Å². The smallest absolute Gasteiger partial charge is 0.240 e. The number of rotatable bonds is 14. The third kappa shape index (κ3) is 11.0. The van der Waals surface area contributed by atoms with Gasteiger partial charge in [0.25, 0.3) is 0 Å². The van der Waals surface area contributed by atoms with Gasteiger partial charge in [-0.3, -0.25) is 9.59 Å². The maximum atomic E-state index is 11.8. The second kappa shape index (κ2) is 15.2. The molecule has 2 aromatic rings. The molecule has 0 fully saturated rings. The Bertz CT molecular complexity index is 834. The molecule has 0 aliphatic carbocycles. The number of methoxy groups -OCH3 is 2. The van der Waals surface area contributed by atoms with Crippen LogP contribution in [0.1, 0.15) is 56.1 Å². The molecule has 2 N–H and O–H groups in total. The molecule has 0 saturated carbocycles. The first kappa shape index (κ1) is 25.6. The van der Waals surface area contributed by atoms with E-state index >= 15 is 0 Å². The topological polar surface area (TPSA) is 101 Å². The number of carbonyl (C=O) groups is 2. The minimum atomic E-state index is -0.103. The third-order valence-electron chi connectivity index (χ3n) is 4.85. The largest absolute Gasteiger partial charge is 0.497 e. The van der Waals surface area contributed by atoms with Crippen LogP contribution in [-0.4, -0.2) is 38.5 Å². The van der Waals surface area contributed by atoms with Crippen LogP contribution in [0, 0.1) is 0 Å². The van der Waals surface area contributed by atoms with Gasteiger partial charge in [0.05, 0.1) is 26.6 Å². The first-order chi connectivity index (χ1) is 16.1. The summed E-state index contributed by atoms with van der Waals surface area (Å²) in [7, 11) is 3.23. The SMILES string of the molecule is COc1ccc(/C=N/NC(=O)CCCCCCCC(=O)N/N=C/c2ccc(OC)cc2)cc1. The Kier molecular flexibility index (Phi) is 11.8. The second-order valence-electron chi connectivity index (χ2n) is 7.40. The van der Waals surface area contributed by atoms with E-state index in [1.165, 1.54) is 0 Å². The molecule has 2 amide bonds. The number of nitrogens with one attached hydrogen (secondary N) is 2. The van der Waals surface area contributed by atoms with Crippen molar-refractivity contribution in [3.05, 3.63) is 59.7 Å². The fourth-order valence-corrected chi connectivity index (χ4v) is 2.95. The number of nitrogens with zero attached hydrogens (tertiary/aromatic N) is 2. The van der Waals surface area contributed by atoms with E-state index < -0.39 is 0 Å². The van der Waals surface area contributed by atoms with E-state index in [2.05, 4.69) is 21.1 Å². The first-order valence-corrected chi connectivity index (χ1v) is 11.0. The Morgan fingerprint density at radius 1 is 0.667 bits per heavy atom. The van der Waals surface area contributed by atoms with Crippen molar-refractivity contribution in [1.82, 2.24) is 10.9 Å². The van der Waals surface area contributed by atoms with Gasteiger partial charge >= 0.3 is 0 Å². The van der Waals surface area contributed by atoms with Crippen molar-refractivity contribution >= 4 is 24.2 Å². The van der Waals surface area contributed by atoms with Gasteiger partial charge in [-0.2, -0.15) is 10.2 Å². The first-order valence-electron chi connectivity index (χ1n) is 11.0.